The predicted molar refractivity (Wildman–Crippen MR) is 99.1 cm³/mol. The molecule has 1 aromatic rings. The van der Waals surface area contributed by atoms with E-state index in [0.717, 1.165) is 44.7 Å². The van der Waals surface area contributed by atoms with Gasteiger partial charge in [-0.2, -0.15) is 0 Å². The largest absolute Gasteiger partial charge is 0.338 e. The summed E-state index contributed by atoms with van der Waals surface area (Å²) in [6.07, 6.45) is 0.952. The lowest BCUT2D eigenvalue weighted by Crippen LogP contribution is -2.45. The summed E-state index contributed by atoms with van der Waals surface area (Å²) in [7, 11) is 0. The average molecular weight is 364 g/mol. The third-order valence-electron chi connectivity index (χ3n) is 4.29. The van der Waals surface area contributed by atoms with Gasteiger partial charge in [-0.15, -0.1) is 0 Å². The maximum Gasteiger partial charge on any atom is 0.321 e. The molecule has 0 spiro atoms. The molecule has 3 amide bonds. The number of urea groups is 1. The molecule has 1 aromatic carbocycles. The number of nitrogens with one attached hydrogen (secondary N) is 2. The van der Waals surface area contributed by atoms with Crippen LogP contribution < -0.4 is 10.6 Å². The zero-order valence-corrected chi connectivity index (χ0v) is 15.6. The summed E-state index contributed by atoms with van der Waals surface area (Å²) in [4.78, 5) is 28.0. The maximum atomic E-state index is 13.0. The Hall–Kier alpha value is -1.99. The third-order valence-corrected chi connectivity index (χ3v) is 4.29. The van der Waals surface area contributed by atoms with Crippen LogP contribution in [0, 0.1) is 11.7 Å². The van der Waals surface area contributed by atoms with Gasteiger partial charge in [0.2, 0.25) is 5.91 Å². The minimum Gasteiger partial charge on any atom is -0.338 e. The molecule has 0 bridgehead atoms. The van der Waals surface area contributed by atoms with Crippen molar-refractivity contribution >= 4 is 11.9 Å². The Kier molecular flexibility index (Phi) is 8.00. The molecule has 0 atom stereocenters. The average Bonchev–Trinajstić information content (AvgIpc) is 2.80. The Morgan fingerprint density at radius 2 is 1.73 bits per heavy atom. The molecule has 7 heteroatoms. The number of carbonyl (C=O) groups excluding carboxylic acids is 2. The minimum absolute atomic E-state index is 0.222. The van der Waals surface area contributed by atoms with E-state index >= 15 is 0 Å². The first-order chi connectivity index (χ1) is 12.4. The Bertz CT molecular complexity index is 592. The van der Waals surface area contributed by atoms with Crippen LogP contribution in [0.1, 0.15) is 25.8 Å². The van der Waals surface area contributed by atoms with Gasteiger partial charge in [-0.05, 0) is 43.1 Å². The Morgan fingerprint density at radius 3 is 2.42 bits per heavy atom. The van der Waals surface area contributed by atoms with E-state index in [-0.39, 0.29) is 18.3 Å². The van der Waals surface area contributed by atoms with Crippen molar-refractivity contribution in [3.63, 3.8) is 0 Å². The Labute approximate surface area is 154 Å². The monoisotopic (exact) mass is 364 g/mol. The quantitative estimate of drug-likeness (QED) is 0.808. The Balaban J connectivity index is 1.73. The molecule has 26 heavy (non-hydrogen) atoms. The molecule has 0 unspecified atom stereocenters. The molecule has 2 rings (SSSR count). The number of rotatable bonds is 6. The van der Waals surface area contributed by atoms with Crippen LogP contribution in [0.5, 0.6) is 0 Å². The van der Waals surface area contributed by atoms with Gasteiger partial charge in [0.05, 0.1) is 6.54 Å². The van der Waals surface area contributed by atoms with Crippen LogP contribution in [0.2, 0.25) is 0 Å². The standard InChI is InChI=1S/C19H29FN4O2/c1-15(2)12-21-19(26)22-18(25)14-24-9-3-8-23(10-11-24)13-16-4-6-17(20)7-5-16/h4-7,15H,3,8-14H2,1-2H3,(H2,21,22,25,26). The summed E-state index contributed by atoms with van der Waals surface area (Å²) in [5.74, 6) is -0.161. The fourth-order valence-corrected chi connectivity index (χ4v) is 2.90. The zero-order valence-electron chi connectivity index (χ0n) is 15.6. The minimum atomic E-state index is -0.434. The van der Waals surface area contributed by atoms with E-state index in [4.69, 9.17) is 0 Å². The fraction of sp³-hybridized carbons (Fsp3) is 0.579. The summed E-state index contributed by atoms with van der Waals surface area (Å²) < 4.78 is 13.0. The van der Waals surface area contributed by atoms with Crippen LogP contribution in [0.3, 0.4) is 0 Å². The molecule has 0 aliphatic carbocycles. The van der Waals surface area contributed by atoms with Crippen molar-refractivity contribution < 1.29 is 14.0 Å². The van der Waals surface area contributed by atoms with E-state index < -0.39 is 6.03 Å². The lowest BCUT2D eigenvalue weighted by molar-refractivity contribution is -0.121. The molecule has 1 aliphatic heterocycles. The van der Waals surface area contributed by atoms with E-state index in [1.165, 1.54) is 12.1 Å². The molecule has 0 saturated carbocycles. The molecule has 2 N–H and O–H groups in total. The summed E-state index contributed by atoms with van der Waals surface area (Å²) in [5, 5.41) is 5.06. The lowest BCUT2D eigenvalue weighted by Gasteiger charge is -2.21. The van der Waals surface area contributed by atoms with Gasteiger partial charge in [0.25, 0.3) is 0 Å². The molecule has 1 aliphatic rings. The molecule has 1 fully saturated rings. The van der Waals surface area contributed by atoms with Gasteiger partial charge in [0, 0.05) is 26.2 Å². The molecular formula is C19H29FN4O2. The first-order valence-electron chi connectivity index (χ1n) is 9.19. The highest BCUT2D eigenvalue weighted by Crippen LogP contribution is 2.10. The number of nitrogens with zero attached hydrogens (tertiary/aromatic N) is 2. The van der Waals surface area contributed by atoms with E-state index in [0.29, 0.717) is 12.5 Å². The second-order valence-corrected chi connectivity index (χ2v) is 7.18. The molecular weight excluding hydrogens is 335 g/mol. The van der Waals surface area contributed by atoms with Crippen LogP contribution in [-0.2, 0) is 11.3 Å². The van der Waals surface area contributed by atoms with E-state index in [2.05, 4.69) is 20.4 Å². The highest BCUT2D eigenvalue weighted by Gasteiger charge is 2.18. The topological polar surface area (TPSA) is 64.7 Å². The van der Waals surface area contributed by atoms with Gasteiger partial charge < -0.3 is 5.32 Å². The summed E-state index contributed by atoms with van der Waals surface area (Å²) >= 11 is 0. The van der Waals surface area contributed by atoms with Gasteiger partial charge in [-0.3, -0.25) is 19.9 Å². The number of hydrogen-bond acceptors (Lipinski definition) is 4. The van der Waals surface area contributed by atoms with Gasteiger partial charge in [0.15, 0.2) is 0 Å². The number of imide groups is 1. The van der Waals surface area contributed by atoms with Crippen LogP contribution in [0.25, 0.3) is 0 Å². The van der Waals surface area contributed by atoms with Crippen molar-refractivity contribution in [2.24, 2.45) is 5.92 Å². The van der Waals surface area contributed by atoms with Gasteiger partial charge in [0.1, 0.15) is 5.82 Å². The molecule has 6 nitrogen and oxygen atoms in total. The van der Waals surface area contributed by atoms with Crippen molar-refractivity contribution in [3.05, 3.63) is 35.6 Å². The maximum absolute atomic E-state index is 13.0. The second-order valence-electron chi connectivity index (χ2n) is 7.18. The molecule has 0 radical (unpaired) electrons. The van der Waals surface area contributed by atoms with E-state index in [9.17, 15) is 14.0 Å². The smallest absolute Gasteiger partial charge is 0.321 e. The molecule has 0 aromatic heterocycles. The van der Waals surface area contributed by atoms with Crippen LogP contribution in [-0.4, -0.2) is 61.0 Å². The van der Waals surface area contributed by atoms with Crippen LogP contribution >= 0.6 is 0 Å². The lowest BCUT2D eigenvalue weighted by atomic mass is 10.2. The summed E-state index contributed by atoms with van der Waals surface area (Å²) in [5.41, 5.74) is 1.08. The first-order valence-corrected chi connectivity index (χ1v) is 9.19. The van der Waals surface area contributed by atoms with Crippen molar-refractivity contribution in [2.45, 2.75) is 26.8 Å². The highest BCUT2D eigenvalue weighted by molar-refractivity contribution is 5.95. The normalized spacial score (nSPS) is 16.3. The first kappa shape index (κ1) is 20.3. The van der Waals surface area contributed by atoms with Gasteiger partial charge in [-0.25, -0.2) is 9.18 Å². The number of hydrogen-bond donors (Lipinski definition) is 2. The second kappa shape index (κ2) is 10.2. The van der Waals surface area contributed by atoms with E-state index in [1.54, 1.807) is 12.1 Å². The van der Waals surface area contributed by atoms with Gasteiger partial charge in [-0.1, -0.05) is 26.0 Å². The number of amides is 3. The fourth-order valence-electron chi connectivity index (χ4n) is 2.90. The number of benzene rings is 1. The van der Waals surface area contributed by atoms with Gasteiger partial charge >= 0.3 is 6.03 Å². The van der Waals surface area contributed by atoms with Crippen LogP contribution in [0.4, 0.5) is 9.18 Å². The predicted octanol–water partition coefficient (Wildman–Crippen LogP) is 1.82. The number of carbonyl (C=O) groups is 2. The third kappa shape index (κ3) is 7.49. The van der Waals surface area contributed by atoms with Crippen LogP contribution in [0.15, 0.2) is 24.3 Å². The molecule has 1 heterocycles. The van der Waals surface area contributed by atoms with Crippen molar-refractivity contribution in [3.8, 4) is 0 Å². The van der Waals surface area contributed by atoms with Crippen molar-refractivity contribution in [1.29, 1.82) is 0 Å². The number of halogens is 1. The van der Waals surface area contributed by atoms with Crippen molar-refractivity contribution in [1.82, 2.24) is 20.4 Å². The Morgan fingerprint density at radius 1 is 1.08 bits per heavy atom. The SMILES string of the molecule is CC(C)CNC(=O)NC(=O)CN1CCCN(Cc2ccc(F)cc2)CC1. The van der Waals surface area contributed by atoms with Crippen molar-refractivity contribution in [2.75, 3.05) is 39.3 Å². The summed E-state index contributed by atoms with van der Waals surface area (Å²) in [6.45, 7) is 8.89. The van der Waals surface area contributed by atoms with E-state index in [1.807, 2.05) is 13.8 Å². The summed E-state index contributed by atoms with van der Waals surface area (Å²) in [6, 6.07) is 6.14. The molecule has 144 valence electrons. The highest BCUT2D eigenvalue weighted by atomic mass is 19.1. The zero-order chi connectivity index (χ0) is 18.9. The molecule has 1 saturated heterocycles.